The zero-order chi connectivity index (χ0) is 15.9. The summed E-state index contributed by atoms with van der Waals surface area (Å²) in [6.07, 6.45) is 14.2. The van der Waals surface area contributed by atoms with E-state index in [9.17, 15) is 9.59 Å². The molecule has 0 aromatic heterocycles. The molecular formula is C17H34NNaO3. The first-order chi connectivity index (χ1) is 10.1. The Morgan fingerprint density at radius 1 is 0.864 bits per heavy atom. The van der Waals surface area contributed by atoms with Crippen molar-refractivity contribution in [2.45, 2.75) is 96.4 Å². The average Bonchev–Trinajstić information content (AvgIpc) is 2.44. The molecule has 4 nitrogen and oxygen atoms in total. The van der Waals surface area contributed by atoms with Crippen LogP contribution in [0.4, 0.5) is 0 Å². The normalized spacial score (nSPS) is 11.7. The van der Waals surface area contributed by atoms with Crippen molar-refractivity contribution in [3.05, 3.63) is 0 Å². The first-order valence-electron chi connectivity index (χ1n) is 8.58. The molecule has 0 heterocycles. The number of aliphatic carboxylic acids is 1. The van der Waals surface area contributed by atoms with Gasteiger partial charge >= 0.3 is 35.5 Å². The van der Waals surface area contributed by atoms with Crippen molar-refractivity contribution in [2.75, 3.05) is 0 Å². The summed E-state index contributed by atoms with van der Waals surface area (Å²) in [6, 6.07) is -1.04. The van der Waals surface area contributed by atoms with Crippen LogP contribution in [0.3, 0.4) is 0 Å². The number of ketones is 1. The zero-order valence-electron chi connectivity index (χ0n) is 13.6. The fourth-order valence-electron chi connectivity index (χ4n) is 2.42. The molecule has 3 N–H and O–H groups in total. The number of carboxylic acid groups (broad SMARTS) is 1. The summed E-state index contributed by atoms with van der Waals surface area (Å²) < 4.78 is 0. The second-order valence-corrected chi connectivity index (χ2v) is 5.97. The van der Waals surface area contributed by atoms with E-state index in [1.807, 2.05) is 0 Å². The van der Waals surface area contributed by atoms with Gasteiger partial charge in [0.15, 0.2) is 0 Å². The van der Waals surface area contributed by atoms with Crippen LogP contribution in [-0.2, 0) is 9.59 Å². The second kappa shape index (κ2) is 17.5. The van der Waals surface area contributed by atoms with Crippen LogP contribution in [0.2, 0.25) is 0 Å². The molecule has 0 aliphatic carbocycles. The monoisotopic (exact) mass is 323 g/mol. The van der Waals surface area contributed by atoms with Crippen LogP contribution in [-0.4, -0.2) is 52.5 Å². The molecular weight excluding hydrogens is 289 g/mol. The molecule has 5 heteroatoms. The number of rotatable bonds is 15. The van der Waals surface area contributed by atoms with Gasteiger partial charge in [0, 0.05) is 12.8 Å². The Labute approximate surface area is 157 Å². The van der Waals surface area contributed by atoms with E-state index in [-0.39, 0.29) is 41.8 Å². The zero-order valence-corrected chi connectivity index (χ0v) is 13.6. The van der Waals surface area contributed by atoms with Crippen molar-refractivity contribution in [3.63, 3.8) is 0 Å². The van der Waals surface area contributed by atoms with Crippen LogP contribution in [0.5, 0.6) is 0 Å². The van der Waals surface area contributed by atoms with Gasteiger partial charge < -0.3 is 10.8 Å². The van der Waals surface area contributed by atoms with Crippen LogP contribution in [0.1, 0.15) is 90.4 Å². The number of carbonyl (C=O) groups excluding carboxylic acids is 1. The van der Waals surface area contributed by atoms with Crippen LogP contribution in [0, 0.1) is 0 Å². The van der Waals surface area contributed by atoms with E-state index < -0.39 is 12.0 Å². The number of hydrogen-bond acceptors (Lipinski definition) is 3. The number of Topliss-reactive ketones (excluding diaryl/α,β-unsaturated/α-hetero) is 1. The molecule has 1 atom stereocenters. The molecule has 0 spiro atoms. The Kier molecular flexibility index (Phi) is 19.3. The van der Waals surface area contributed by atoms with E-state index in [4.69, 9.17) is 10.8 Å². The fourth-order valence-corrected chi connectivity index (χ4v) is 2.42. The summed E-state index contributed by atoms with van der Waals surface area (Å²) in [5.74, 6) is -1.12. The Morgan fingerprint density at radius 3 is 1.68 bits per heavy atom. The van der Waals surface area contributed by atoms with Gasteiger partial charge in [0.1, 0.15) is 11.8 Å². The van der Waals surface area contributed by atoms with Crippen LogP contribution >= 0.6 is 0 Å². The van der Waals surface area contributed by atoms with E-state index in [2.05, 4.69) is 6.92 Å². The predicted molar refractivity (Wildman–Crippen MR) is 93.5 cm³/mol. The van der Waals surface area contributed by atoms with Crippen molar-refractivity contribution in [1.29, 1.82) is 0 Å². The summed E-state index contributed by atoms with van der Waals surface area (Å²) >= 11 is 0. The van der Waals surface area contributed by atoms with Gasteiger partial charge in [-0.2, -0.15) is 0 Å². The number of nitrogens with two attached hydrogens (primary N) is 1. The van der Waals surface area contributed by atoms with Gasteiger partial charge in [-0.1, -0.05) is 71.1 Å². The maximum absolute atomic E-state index is 11.5. The Hall–Kier alpha value is 0.100. The number of hydrogen-bond donors (Lipinski definition) is 2. The summed E-state index contributed by atoms with van der Waals surface area (Å²) in [4.78, 5) is 22.0. The van der Waals surface area contributed by atoms with Gasteiger partial charge in [0.25, 0.3) is 0 Å². The predicted octanol–water partition coefficient (Wildman–Crippen LogP) is 3.41. The standard InChI is InChI=1S/C17H33NO3.Na.H/c1-2-3-4-5-6-7-8-9-10-11-12-13-15(19)14-16(18)17(20)21;;/h16H,2-14,18H2,1H3,(H,20,21);;/t16-;;/m1../s1. The van der Waals surface area contributed by atoms with E-state index in [0.29, 0.717) is 6.42 Å². The molecule has 0 aliphatic rings. The van der Waals surface area contributed by atoms with Crippen molar-refractivity contribution >= 4 is 41.3 Å². The van der Waals surface area contributed by atoms with Crippen LogP contribution in [0.25, 0.3) is 0 Å². The van der Waals surface area contributed by atoms with E-state index in [0.717, 1.165) is 12.8 Å². The summed E-state index contributed by atoms with van der Waals surface area (Å²) in [7, 11) is 0. The molecule has 0 fully saturated rings. The number of unbranched alkanes of at least 4 members (excludes halogenated alkanes) is 10. The summed E-state index contributed by atoms with van der Waals surface area (Å²) in [5.41, 5.74) is 5.33. The third-order valence-corrected chi connectivity index (χ3v) is 3.82. The molecule has 126 valence electrons. The number of carbonyl (C=O) groups is 2. The summed E-state index contributed by atoms with van der Waals surface area (Å²) in [6.45, 7) is 2.24. The second-order valence-electron chi connectivity index (χ2n) is 5.97. The average molecular weight is 323 g/mol. The Bertz CT molecular complexity index is 285. The molecule has 0 amide bonds. The molecule has 0 aromatic rings. The Balaban J connectivity index is 0. The van der Waals surface area contributed by atoms with Gasteiger partial charge in [-0.3, -0.25) is 9.59 Å². The van der Waals surface area contributed by atoms with E-state index >= 15 is 0 Å². The van der Waals surface area contributed by atoms with E-state index in [1.165, 1.54) is 57.8 Å². The molecule has 0 aromatic carbocycles. The molecule has 0 radical (unpaired) electrons. The molecule has 0 bridgehead atoms. The molecule has 0 saturated heterocycles. The Morgan fingerprint density at radius 2 is 1.27 bits per heavy atom. The van der Waals surface area contributed by atoms with Crippen molar-refractivity contribution in [2.24, 2.45) is 5.73 Å². The van der Waals surface area contributed by atoms with Crippen molar-refractivity contribution in [1.82, 2.24) is 0 Å². The quantitative estimate of drug-likeness (QED) is 0.357. The molecule has 0 rings (SSSR count). The van der Waals surface area contributed by atoms with Crippen molar-refractivity contribution < 1.29 is 14.7 Å². The third-order valence-electron chi connectivity index (χ3n) is 3.82. The summed E-state index contributed by atoms with van der Waals surface area (Å²) in [5, 5.41) is 8.61. The van der Waals surface area contributed by atoms with Crippen LogP contribution in [0.15, 0.2) is 0 Å². The molecule has 0 unspecified atom stereocenters. The van der Waals surface area contributed by atoms with Gasteiger partial charge in [-0.05, 0) is 6.42 Å². The molecule has 0 aliphatic heterocycles. The topological polar surface area (TPSA) is 80.4 Å². The molecule has 0 saturated carbocycles. The van der Waals surface area contributed by atoms with Gasteiger partial charge in [0.05, 0.1) is 0 Å². The molecule has 22 heavy (non-hydrogen) atoms. The van der Waals surface area contributed by atoms with Gasteiger partial charge in [-0.25, -0.2) is 0 Å². The fraction of sp³-hybridized carbons (Fsp3) is 0.882. The third kappa shape index (κ3) is 16.5. The number of carboxylic acids is 1. The van der Waals surface area contributed by atoms with Crippen molar-refractivity contribution in [3.8, 4) is 0 Å². The minimum absolute atomic E-state index is 0. The first kappa shape index (κ1) is 24.4. The maximum atomic E-state index is 11.5. The van der Waals surface area contributed by atoms with E-state index in [1.54, 1.807) is 0 Å². The van der Waals surface area contributed by atoms with Crippen LogP contribution < -0.4 is 5.73 Å². The minimum atomic E-state index is -1.10. The van der Waals surface area contributed by atoms with Gasteiger partial charge in [-0.15, -0.1) is 0 Å². The van der Waals surface area contributed by atoms with Gasteiger partial charge in [0.2, 0.25) is 0 Å². The first-order valence-corrected chi connectivity index (χ1v) is 8.58. The SMILES string of the molecule is CCCCCCCCCCCCCC(=O)C[C@@H](N)C(=O)O.[NaH].